The number of rotatable bonds is 10. The van der Waals surface area contributed by atoms with Crippen molar-refractivity contribution in [1.29, 1.82) is 0 Å². The van der Waals surface area contributed by atoms with E-state index in [1.807, 2.05) is 36.4 Å². The van der Waals surface area contributed by atoms with Crippen molar-refractivity contribution < 1.29 is 19.1 Å². The second-order valence-corrected chi connectivity index (χ2v) is 10.3. The number of nitrogens with zero attached hydrogens (tertiary/aromatic N) is 1. The lowest BCUT2D eigenvalue weighted by atomic mass is 9.78. The van der Waals surface area contributed by atoms with Gasteiger partial charge in [0.15, 0.2) is 0 Å². The molecule has 2 aromatic rings. The number of ether oxygens (including phenoxy) is 1. The van der Waals surface area contributed by atoms with Gasteiger partial charge in [-0.2, -0.15) is 0 Å². The average Bonchev–Trinajstić information content (AvgIpc) is 2.91. The molecule has 0 saturated carbocycles. The van der Waals surface area contributed by atoms with Gasteiger partial charge >= 0.3 is 5.97 Å². The van der Waals surface area contributed by atoms with Gasteiger partial charge in [0.05, 0.1) is 12.0 Å². The highest BCUT2D eigenvalue weighted by molar-refractivity contribution is 5.94. The van der Waals surface area contributed by atoms with Crippen molar-refractivity contribution in [3.63, 3.8) is 0 Å². The third kappa shape index (κ3) is 7.86. The van der Waals surface area contributed by atoms with Gasteiger partial charge in [-0.25, -0.2) is 0 Å². The monoisotopic (exact) mass is 502 g/mol. The van der Waals surface area contributed by atoms with Crippen LogP contribution in [0.5, 0.6) is 0 Å². The van der Waals surface area contributed by atoms with Crippen LogP contribution in [0.25, 0.3) is 0 Å². The molecule has 6 heteroatoms. The summed E-state index contributed by atoms with van der Waals surface area (Å²) in [6, 6.07) is 20.2. The van der Waals surface area contributed by atoms with Crippen LogP contribution in [0.3, 0.4) is 0 Å². The van der Waals surface area contributed by atoms with Crippen LogP contribution in [0, 0.1) is 5.92 Å². The minimum absolute atomic E-state index is 0.0772. The van der Waals surface area contributed by atoms with Crippen LogP contribution in [0.1, 0.15) is 68.5 Å². The molecule has 1 N–H and O–H groups in total. The zero-order valence-electron chi connectivity index (χ0n) is 21.7. The molecule has 37 heavy (non-hydrogen) atoms. The Hall–Kier alpha value is -3.25. The van der Waals surface area contributed by atoms with Crippen molar-refractivity contribution in [2.45, 2.75) is 63.5 Å². The third-order valence-corrected chi connectivity index (χ3v) is 7.41. The number of carbonyl (C=O) groups is 3. The van der Waals surface area contributed by atoms with Gasteiger partial charge in [0.2, 0.25) is 5.91 Å². The minimum Gasteiger partial charge on any atom is -0.462 e. The molecule has 2 aliphatic rings. The highest BCUT2D eigenvalue weighted by Crippen LogP contribution is 2.34. The highest BCUT2D eigenvalue weighted by atomic mass is 16.5. The minimum atomic E-state index is -0.440. The van der Waals surface area contributed by atoms with Gasteiger partial charge < -0.3 is 15.0 Å². The summed E-state index contributed by atoms with van der Waals surface area (Å²) in [4.78, 5) is 39.3. The molecule has 0 spiro atoms. The Labute approximate surface area is 220 Å². The van der Waals surface area contributed by atoms with Crippen LogP contribution in [0.15, 0.2) is 72.8 Å². The van der Waals surface area contributed by atoms with Gasteiger partial charge in [0.25, 0.3) is 0 Å². The largest absolute Gasteiger partial charge is 0.462 e. The summed E-state index contributed by atoms with van der Waals surface area (Å²) < 4.78 is 5.49. The van der Waals surface area contributed by atoms with E-state index in [2.05, 4.69) is 46.6 Å². The molecule has 1 fully saturated rings. The van der Waals surface area contributed by atoms with E-state index in [9.17, 15) is 14.4 Å². The van der Waals surface area contributed by atoms with E-state index in [1.54, 1.807) is 0 Å². The molecule has 1 saturated heterocycles. The lowest BCUT2D eigenvalue weighted by Gasteiger charge is -2.35. The molecule has 6 nitrogen and oxygen atoms in total. The predicted molar refractivity (Wildman–Crippen MR) is 144 cm³/mol. The van der Waals surface area contributed by atoms with E-state index in [0.29, 0.717) is 6.54 Å². The van der Waals surface area contributed by atoms with Crippen LogP contribution in [-0.2, 0) is 19.1 Å². The van der Waals surface area contributed by atoms with Crippen molar-refractivity contribution >= 4 is 17.7 Å². The molecule has 2 aromatic carbocycles. The molecule has 196 valence electrons. The van der Waals surface area contributed by atoms with Crippen molar-refractivity contribution in [2.75, 3.05) is 19.6 Å². The number of carbonyl (C=O) groups excluding carboxylic acids is 3. The molecule has 3 atom stereocenters. The Bertz CT molecular complexity index is 1060. The first-order chi connectivity index (χ1) is 18.0. The zero-order chi connectivity index (χ0) is 26.0. The quantitative estimate of drug-likeness (QED) is 0.282. The topological polar surface area (TPSA) is 75.7 Å². The second-order valence-electron chi connectivity index (χ2n) is 10.3. The smallest absolute Gasteiger partial charge is 0.313 e. The van der Waals surface area contributed by atoms with E-state index in [0.717, 1.165) is 56.3 Å². The highest BCUT2D eigenvalue weighted by Gasteiger charge is 2.32. The molecule has 1 amide bonds. The maximum Gasteiger partial charge on any atom is 0.313 e. The van der Waals surface area contributed by atoms with E-state index in [1.165, 1.54) is 6.92 Å². The van der Waals surface area contributed by atoms with Gasteiger partial charge in [-0.3, -0.25) is 14.4 Å². The molecule has 3 unspecified atom stereocenters. The SMILES string of the molecule is CC(=O)CC(=O)OC1CCN(CC(NC(=O)C(c2ccccc2)C2CC=CCC2)c2ccccc2)CC1. The number of hydrogen-bond acceptors (Lipinski definition) is 5. The van der Waals surface area contributed by atoms with E-state index < -0.39 is 5.97 Å². The lowest BCUT2D eigenvalue weighted by molar-refractivity contribution is -0.152. The summed E-state index contributed by atoms with van der Waals surface area (Å²) in [6.45, 7) is 3.63. The number of ketones is 1. The number of allylic oxidation sites excluding steroid dienone is 2. The molecule has 4 rings (SSSR count). The Morgan fingerprint density at radius 1 is 0.919 bits per heavy atom. The molecular formula is C31H38N2O4. The summed E-state index contributed by atoms with van der Waals surface area (Å²) in [5, 5.41) is 3.41. The van der Waals surface area contributed by atoms with Gasteiger partial charge in [0, 0.05) is 19.6 Å². The van der Waals surface area contributed by atoms with E-state index >= 15 is 0 Å². The second kappa shape index (κ2) is 13.3. The summed E-state index contributed by atoms with van der Waals surface area (Å²) in [6.07, 6.45) is 8.48. The number of nitrogens with one attached hydrogen (secondary N) is 1. The molecule has 0 bridgehead atoms. The molecule has 1 aliphatic heterocycles. The van der Waals surface area contributed by atoms with Crippen LogP contribution < -0.4 is 5.32 Å². The number of hydrogen-bond donors (Lipinski definition) is 1. The zero-order valence-corrected chi connectivity index (χ0v) is 21.7. The standard InChI is InChI=1S/C31H38N2O4/c1-23(34)21-29(35)37-27-17-19-33(20-18-27)22-28(24-11-5-2-6-12-24)32-31(36)30(25-13-7-3-8-14-25)26-15-9-4-10-16-26/h2-9,11-14,26-28,30H,10,15-22H2,1H3,(H,32,36). The predicted octanol–water partition coefficient (Wildman–Crippen LogP) is 4.97. The Kier molecular flexibility index (Phi) is 9.66. The van der Waals surface area contributed by atoms with Crippen molar-refractivity contribution in [3.05, 3.63) is 83.9 Å². The molecular weight excluding hydrogens is 464 g/mol. The maximum absolute atomic E-state index is 13.9. The molecule has 0 aromatic heterocycles. The Morgan fingerprint density at radius 2 is 1.57 bits per heavy atom. The molecule has 0 radical (unpaired) electrons. The van der Waals surface area contributed by atoms with Crippen LogP contribution in [-0.4, -0.2) is 48.3 Å². The van der Waals surface area contributed by atoms with E-state index in [-0.39, 0.29) is 42.1 Å². The number of benzene rings is 2. The number of likely N-dealkylation sites (tertiary alicyclic amines) is 1. The fourth-order valence-electron chi connectivity index (χ4n) is 5.50. The number of Topliss-reactive ketones (excluding diaryl/α,β-unsaturated/α-hetero) is 1. The first kappa shape index (κ1) is 26.8. The summed E-state index contributed by atoms with van der Waals surface area (Å²) in [5.41, 5.74) is 2.15. The van der Waals surface area contributed by atoms with E-state index in [4.69, 9.17) is 4.74 Å². The van der Waals surface area contributed by atoms with Gasteiger partial charge in [-0.15, -0.1) is 0 Å². The lowest BCUT2D eigenvalue weighted by Crippen LogP contribution is -2.45. The van der Waals surface area contributed by atoms with Gasteiger partial charge in [-0.1, -0.05) is 72.8 Å². The third-order valence-electron chi connectivity index (χ3n) is 7.41. The van der Waals surface area contributed by atoms with Crippen molar-refractivity contribution in [2.24, 2.45) is 5.92 Å². The van der Waals surface area contributed by atoms with Gasteiger partial charge in [0.1, 0.15) is 18.3 Å². The number of amides is 1. The Morgan fingerprint density at radius 3 is 2.16 bits per heavy atom. The summed E-state index contributed by atoms with van der Waals surface area (Å²) in [7, 11) is 0. The first-order valence-electron chi connectivity index (χ1n) is 13.5. The average molecular weight is 503 g/mol. The fourth-order valence-corrected chi connectivity index (χ4v) is 5.50. The molecule has 1 aliphatic carbocycles. The van der Waals surface area contributed by atoms with Gasteiger partial charge in [-0.05, 0) is 56.1 Å². The van der Waals surface area contributed by atoms with Crippen LogP contribution in [0.4, 0.5) is 0 Å². The van der Waals surface area contributed by atoms with Crippen molar-refractivity contribution in [3.8, 4) is 0 Å². The number of esters is 1. The normalized spacial score (nSPS) is 20.1. The van der Waals surface area contributed by atoms with Crippen LogP contribution >= 0.6 is 0 Å². The summed E-state index contributed by atoms with van der Waals surface area (Å²) >= 11 is 0. The maximum atomic E-state index is 13.9. The molecule has 1 heterocycles. The summed E-state index contributed by atoms with van der Waals surface area (Å²) in [5.74, 6) is -0.451. The van der Waals surface area contributed by atoms with Crippen LogP contribution in [0.2, 0.25) is 0 Å². The van der Waals surface area contributed by atoms with Crippen molar-refractivity contribution in [1.82, 2.24) is 10.2 Å². The number of piperidine rings is 1. The fraction of sp³-hybridized carbons (Fsp3) is 0.452. The first-order valence-corrected chi connectivity index (χ1v) is 13.5. The Balaban J connectivity index is 1.44.